The Balaban J connectivity index is 1.55. The molecule has 3 heterocycles. The van der Waals surface area contributed by atoms with Gasteiger partial charge in [0.05, 0.1) is 13.2 Å². The van der Waals surface area contributed by atoms with Crippen LogP contribution in [0.5, 0.6) is 0 Å². The zero-order valence-electron chi connectivity index (χ0n) is 14.0. The molecule has 0 spiro atoms. The predicted octanol–water partition coefficient (Wildman–Crippen LogP) is 2.81. The Bertz CT molecular complexity index is 601. The number of hydrogen-bond donors (Lipinski definition) is 0. The maximum Gasteiger partial charge on any atom is 0.254 e. The average Bonchev–Trinajstić information content (AvgIpc) is 3.30. The molecule has 4 nitrogen and oxygen atoms in total. The van der Waals surface area contributed by atoms with Gasteiger partial charge in [0.1, 0.15) is 0 Å². The molecule has 4 heteroatoms. The summed E-state index contributed by atoms with van der Waals surface area (Å²) in [6, 6.07) is 7.05. The first kappa shape index (κ1) is 15.2. The number of hydrogen-bond acceptors (Lipinski definition) is 3. The molecule has 1 aromatic rings. The third kappa shape index (κ3) is 2.68. The van der Waals surface area contributed by atoms with E-state index in [1.165, 1.54) is 30.5 Å². The molecule has 4 rings (SSSR count). The summed E-state index contributed by atoms with van der Waals surface area (Å²) >= 11 is 0. The summed E-state index contributed by atoms with van der Waals surface area (Å²) < 4.78 is 5.47. The summed E-state index contributed by atoms with van der Waals surface area (Å²) in [6.07, 6.45) is 4.80. The summed E-state index contributed by atoms with van der Waals surface area (Å²) in [4.78, 5) is 17.8. The van der Waals surface area contributed by atoms with E-state index in [0.717, 1.165) is 31.5 Å². The lowest BCUT2D eigenvalue weighted by Gasteiger charge is -2.34. The summed E-state index contributed by atoms with van der Waals surface area (Å²) in [5.41, 5.74) is 3.25. The minimum atomic E-state index is 0.213. The van der Waals surface area contributed by atoms with Crippen LogP contribution in [-0.4, -0.2) is 47.4 Å². The van der Waals surface area contributed by atoms with Crippen LogP contribution in [0.1, 0.15) is 54.1 Å². The van der Waals surface area contributed by atoms with E-state index in [4.69, 9.17) is 4.74 Å². The minimum absolute atomic E-state index is 0.213. The zero-order valence-corrected chi connectivity index (χ0v) is 14.0. The van der Waals surface area contributed by atoms with Gasteiger partial charge in [0.25, 0.3) is 5.91 Å². The van der Waals surface area contributed by atoms with Crippen molar-refractivity contribution in [3.63, 3.8) is 0 Å². The van der Waals surface area contributed by atoms with Crippen LogP contribution >= 0.6 is 0 Å². The summed E-state index contributed by atoms with van der Waals surface area (Å²) in [6.45, 7) is 6.76. The second-order valence-electron chi connectivity index (χ2n) is 7.02. The van der Waals surface area contributed by atoms with E-state index in [0.29, 0.717) is 25.3 Å². The maximum absolute atomic E-state index is 13.1. The average molecular weight is 314 g/mol. The smallest absolute Gasteiger partial charge is 0.254 e. The largest absolute Gasteiger partial charge is 0.372 e. The van der Waals surface area contributed by atoms with Crippen molar-refractivity contribution in [3.05, 3.63) is 34.9 Å². The zero-order chi connectivity index (χ0) is 15.8. The van der Waals surface area contributed by atoms with Crippen LogP contribution in [0, 0.1) is 0 Å². The van der Waals surface area contributed by atoms with Crippen molar-refractivity contribution >= 4 is 5.91 Å². The number of amides is 1. The highest BCUT2D eigenvalue weighted by Crippen LogP contribution is 2.31. The molecule has 0 N–H and O–H groups in total. The minimum Gasteiger partial charge on any atom is -0.372 e. The maximum atomic E-state index is 13.1. The predicted molar refractivity (Wildman–Crippen MR) is 89.3 cm³/mol. The highest BCUT2D eigenvalue weighted by Gasteiger charge is 2.39. The molecule has 2 atom stereocenters. The van der Waals surface area contributed by atoms with Crippen molar-refractivity contribution in [2.75, 3.05) is 19.6 Å². The highest BCUT2D eigenvalue weighted by molar-refractivity contribution is 5.95. The van der Waals surface area contributed by atoms with Crippen molar-refractivity contribution in [1.82, 2.24) is 9.80 Å². The van der Waals surface area contributed by atoms with Crippen LogP contribution in [-0.2, 0) is 18.0 Å². The number of likely N-dealkylation sites (N-methyl/N-ethyl adjacent to an activating group) is 1. The Morgan fingerprint density at radius 3 is 2.78 bits per heavy atom. The summed E-state index contributed by atoms with van der Waals surface area (Å²) in [7, 11) is 0. The molecule has 2 fully saturated rings. The summed E-state index contributed by atoms with van der Waals surface area (Å²) in [5.74, 6) is 0.213. The number of rotatable bonds is 3. The number of nitrogens with zero attached hydrogens (tertiary/aromatic N) is 2. The molecule has 3 aliphatic rings. The number of benzene rings is 1. The normalized spacial score (nSPS) is 27.6. The van der Waals surface area contributed by atoms with E-state index in [1.807, 2.05) is 12.1 Å². The Kier molecular flexibility index (Phi) is 4.12. The van der Waals surface area contributed by atoms with Gasteiger partial charge < -0.3 is 9.64 Å². The Morgan fingerprint density at radius 1 is 1.13 bits per heavy atom. The number of fused-ring (bicyclic) bond motifs is 1. The van der Waals surface area contributed by atoms with Gasteiger partial charge in [-0.3, -0.25) is 9.69 Å². The lowest BCUT2D eigenvalue weighted by atomic mass is 10.0. The van der Waals surface area contributed by atoms with Crippen LogP contribution in [0.4, 0.5) is 0 Å². The van der Waals surface area contributed by atoms with Crippen molar-refractivity contribution in [2.45, 2.75) is 57.9 Å². The van der Waals surface area contributed by atoms with E-state index in [9.17, 15) is 4.79 Å². The molecule has 1 amide bonds. The van der Waals surface area contributed by atoms with Gasteiger partial charge in [-0.15, -0.1) is 0 Å². The lowest BCUT2D eigenvalue weighted by molar-refractivity contribution is 0.0650. The Morgan fingerprint density at radius 2 is 1.91 bits per heavy atom. The molecule has 1 aromatic carbocycles. The third-order valence-electron chi connectivity index (χ3n) is 5.79. The quantitative estimate of drug-likeness (QED) is 0.860. The monoisotopic (exact) mass is 314 g/mol. The third-order valence-corrected chi connectivity index (χ3v) is 5.79. The van der Waals surface area contributed by atoms with Crippen LogP contribution in [0.15, 0.2) is 18.2 Å². The van der Waals surface area contributed by atoms with Gasteiger partial charge in [-0.25, -0.2) is 0 Å². The van der Waals surface area contributed by atoms with E-state index < -0.39 is 0 Å². The first-order valence-electron chi connectivity index (χ1n) is 9.02. The van der Waals surface area contributed by atoms with Gasteiger partial charge in [0.2, 0.25) is 0 Å². The van der Waals surface area contributed by atoms with Gasteiger partial charge in [-0.2, -0.15) is 0 Å². The van der Waals surface area contributed by atoms with Gasteiger partial charge in [-0.05, 0) is 62.0 Å². The molecule has 3 aliphatic heterocycles. The molecule has 124 valence electrons. The van der Waals surface area contributed by atoms with Gasteiger partial charge >= 0.3 is 0 Å². The molecule has 2 saturated heterocycles. The second-order valence-corrected chi connectivity index (χ2v) is 7.02. The molecule has 0 aromatic heterocycles. The van der Waals surface area contributed by atoms with E-state index in [-0.39, 0.29) is 5.91 Å². The van der Waals surface area contributed by atoms with Crippen LogP contribution in [0.3, 0.4) is 0 Å². The first-order chi connectivity index (χ1) is 11.3. The van der Waals surface area contributed by atoms with Crippen molar-refractivity contribution < 1.29 is 9.53 Å². The van der Waals surface area contributed by atoms with Gasteiger partial charge in [-0.1, -0.05) is 13.0 Å². The standard InChI is InChI=1S/C19H26N2O2/c1-2-20-9-3-5-17(20)18-6-4-10-21(18)19(22)14-7-8-15-12-23-13-16(15)11-14/h7-8,11,17-18H,2-6,9-10,12-13H2,1H3/t17-,18+/m0/s1. The Labute approximate surface area is 138 Å². The van der Waals surface area contributed by atoms with Crippen LogP contribution in [0.2, 0.25) is 0 Å². The van der Waals surface area contributed by atoms with Crippen LogP contribution < -0.4 is 0 Å². The molecular formula is C19H26N2O2. The molecular weight excluding hydrogens is 288 g/mol. The van der Waals surface area contributed by atoms with E-state index in [1.54, 1.807) is 0 Å². The molecule has 0 aliphatic carbocycles. The molecule has 0 bridgehead atoms. The topological polar surface area (TPSA) is 32.8 Å². The fourth-order valence-corrected chi connectivity index (χ4v) is 4.60. The number of carbonyl (C=O) groups excluding carboxylic acids is 1. The van der Waals surface area contributed by atoms with E-state index >= 15 is 0 Å². The van der Waals surface area contributed by atoms with Crippen molar-refractivity contribution in [1.29, 1.82) is 0 Å². The number of carbonyl (C=O) groups is 1. The molecule has 0 saturated carbocycles. The fourth-order valence-electron chi connectivity index (χ4n) is 4.60. The summed E-state index contributed by atoms with van der Waals surface area (Å²) in [5, 5.41) is 0. The molecule has 23 heavy (non-hydrogen) atoms. The van der Waals surface area contributed by atoms with Gasteiger partial charge in [0.15, 0.2) is 0 Å². The van der Waals surface area contributed by atoms with Crippen molar-refractivity contribution in [3.8, 4) is 0 Å². The molecule has 0 unspecified atom stereocenters. The lowest BCUT2D eigenvalue weighted by Crippen LogP contribution is -2.48. The first-order valence-corrected chi connectivity index (χ1v) is 9.02. The van der Waals surface area contributed by atoms with Crippen LogP contribution in [0.25, 0.3) is 0 Å². The number of likely N-dealkylation sites (tertiary alicyclic amines) is 2. The van der Waals surface area contributed by atoms with E-state index in [2.05, 4.69) is 22.8 Å². The second kappa shape index (κ2) is 6.25. The fraction of sp³-hybridized carbons (Fsp3) is 0.632. The molecule has 0 radical (unpaired) electrons. The SMILES string of the molecule is CCN1CCC[C@H]1[C@H]1CCCN1C(=O)c1ccc2c(c1)COC2. The number of ether oxygens (including phenoxy) is 1. The Hall–Kier alpha value is -1.39. The highest BCUT2D eigenvalue weighted by atomic mass is 16.5. The van der Waals surface area contributed by atoms with Crippen molar-refractivity contribution in [2.24, 2.45) is 0 Å². The van der Waals surface area contributed by atoms with Gasteiger partial charge in [0, 0.05) is 24.2 Å².